The van der Waals surface area contributed by atoms with Crippen molar-refractivity contribution >= 4 is 22.8 Å². The van der Waals surface area contributed by atoms with Crippen LogP contribution in [-0.2, 0) is 9.59 Å². The van der Waals surface area contributed by atoms with Crippen LogP contribution in [0.1, 0.15) is 6.92 Å². The summed E-state index contributed by atoms with van der Waals surface area (Å²) in [6.07, 6.45) is 4.83. The smallest absolute Gasteiger partial charge is 0.217 e. The van der Waals surface area contributed by atoms with Gasteiger partial charge in [-0.25, -0.2) is 0 Å². The van der Waals surface area contributed by atoms with E-state index in [1.165, 1.54) is 6.92 Å². The van der Waals surface area contributed by atoms with Gasteiger partial charge in [0.25, 0.3) is 0 Å². The zero-order chi connectivity index (χ0) is 11.0. The molecule has 4 heteroatoms. The van der Waals surface area contributed by atoms with Crippen LogP contribution in [0.5, 0.6) is 0 Å². The topological polar surface area (TPSA) is 46.2 Å². The largest absolute Gasteiger partial charge is 0.348 e. The summed E-state index contributed by atoms with van der Waals surface area (Å²) in [6.45, 7) is 8.46. The van der Waals surface area contributed by atoms with Crippen LogP contribution in [0, 0.1) is 0 Å². The molecule has 0 aromatic heterocycles. The van der Waals surface area contributed by atoms with E-state index < -0.39 is 0 Å². The van der Waals surface area contributed by atoms with Crippen LogP contribution < -0.4 is 5.32 Å². The number of carbonyl (C=O) groups is 2. The van der Waals surface area contributed by atoms with E-state index in [2.05, 4.69) is 18.5 Å². The molecule has 0 unspecified atom stereocenters. The molecule has 0 saturated heterocycles. The van der Waals surface area contributed by atoms with E-state index in [0.717, 1.165) is 16.7 Å². The predicted molar refractivity (Wildman–Crippen MR) is 59.8 cm³/mol. The van der Waals surface area contributed by atoms with E-state index in [1.54, 1.807) is 18.2 Å². The summed E-state index contributed by atoms with van der Waals surface area (Å²) in [4.78, 5) is 22.4. The summed E-state index contributed by atoms with van der Waals surface area (Å²) >= 11 is 1.03. The van der Waals surface area contributed by atoms with Crippen molar-refractivity contribution in [3.05, 3.63) is 36.3 Å². The predicted octanol–water partition coefficient (Wildman–Crippen LogP) is 1.64. The van der Waals surface area contributed by atoms with Gasteiger partial charge in [-0.1, -0.05) is 37.1 Å². The SMILES string of the molecule is C=C/C=C(\C=C)SC(=O)CNC(C)=O. The van der Waals surface area contributed by atoms with Gasteiger partial charge in [0.2, 0.25) is 11.0 Å². The number of carbonyl (C=O) groups excluding carboxylic acids is 2. The molecule has 0 fully saturated rings. The monoisotopic (exact) mass is 211 g/mol. The second-order valence-corrected chi connectivity index (χ2v) is 3.52. The fraction of sp³-hybridized carbons (Fsp3) is 0.200. The van der Waals surface area contributed by atoms with Crippen molar-refractivity contribution in [2.24, 2.45) is 0 Å². The maximum atomic E-state index is 11.2. The molecule has 0 aliphatic heterocycles. The standard InChI is InChI=1S/C10H13NO2S/c1-4-6-9(5-2)14-10(13)7-11-8(3)12/h4-6H,1-2,7H2,3H3,(H,11,12)/b9-6+. The zero-order valence-corrected chi connectivity index (χ0v) is 8.89. The van der Waals surface area contributed by atoms with E-state index in [0.29, 0.717) is 0 Å². The number of allylic oxidation sites excluding steroid dienone is 3. The summed E-state index contributed by atoms with van der Waals surface area (Å²) < 4.78 is 0. The van der Waals surface area contributed by atoms with Gasteiger partial charge < -0.3 is 5.32 Å². The molecule has 76 valence electrons. The van der Waals surface area contributed by atoms with Gasteiger partial charge in [-0.2, -0.15) is 0 Å². The Bertz CT molecular complexity index is 282. The van der Waals surface area contributed by atoms with E-state index in [9.17, 15) is 9.59 Å². The third kappa shape index (κ3) is 6.25. The van der Waals surface area contributed by atoms with Gasteiger partial charge in [-0.05, 0) is 6.08 Å². The highest BCUT2D eigenvalue weighted by Crippen LogP contribution is 2.16. The zero-order valence-electron chi connectivity index (χ0n) is 8.08. The average Bonchev–Trinajstić information content (AvgIpc) is 2.14. The molecule has 0 aliphatic carbocycles. The first-order chi connectivity index (χ1) is 6.60. The lowest BCUT2D eigenvalue weighted by molar-refractivity contribution is -0.121. The van der Waals surface area contributed by atoms with Crippen LogP contribution in [0.3, 0.4) is 0 Å². The van der Waals surface area contributed by atoms with E-state index in [4.69, 9.17) is 0 Å². The molecule has 0 bridgehead atoms. The van der Waals surface area contributed by atoms with Crippen molar-refractivity contribution in [2.45, 2.75) is 6.92 Å². The Labute approximate surface area is 88.0 Å². The lowest BCUT2D eigenvalue weighted by Crippen LogP contribution is -2.25. The summed E-state index contributed by atoms with van der Waals surface area (Å²) in [7, 11) is 0. The number of hydrogen-bond donors (Lipinski definition) is 1. The molecule has 0 heterocycles. The number of amides is 1. The van der Waals surface area contributed by atoms with Crippen LogP contribution in [0.25, 0.3) is 0 Å². The second kappa shape index (κ2) is 7.15. The fourth-order valence-corrected chi connectivity index (χ4v) is 1.28. The van der Waals surface area contributed by atoms with Crippen LogP contribution in [-0.4, -0.2) is 17.6 Å². The molecule has 1 amide bonds. The highest BCUT2D eigenvalue weighted by Gasteiger charge is 2.04. The Balaban J connectivity index is 4.03. The Kier molecular flexibility index (Phi) is 6.49. The first-order valence-electron chi connectivity index (χ1n) is 4.00. The fourth-order valence-electron chi connectivity index (χ4n) is 0.624. The Hall–Kier alpha value is -1.29. The first kappa shape index (κ1) is 12.7. The molecule has 0 saturated carbocycles. The molecule has 0 spiro atoms. The molecule has 0 rings (SSSR count). The Morgan fingerprint density at radius 1 is 1.43 bits per heavy atom. The van der Waals surface area contributed by atoms with Crippen LogP contribution in [0.2, 0.25) is 0 Å². The summed E-state index contributed by atoms with van der Waals surface area (Å²) in [5.41, 5.74) is 0. The van der Waals surface area contributed by atoms with Gasteiger partial charge in [-0.3, -0.25) is 9.59 Å². The molecular formula is C10H13NO2S. The van der Waals surface area contributed by atoms with Crippen molar-refractivity contribution in [3.8, 4) is 0 Å². The van der Waals surface area contributed by atoms with Crippen molar-refractivity contribution in [3.63, 3.8) is 0 Å². The van der Waals surface area contributed by atoms with Crippen molar-refractivity contribution in [1.29, 1.82) is 0 Å². The molecule has 14 heavy (non-hydrogen) atoms. The van der Waals surface area contributed by atoms with Crippen molar-refractivity contribution < 1.29 is 9.59 Å². The quantitative estimate of drug-likeness (QED) is 0.703. The Morgan fingerprint density at radius 3 is 2.50 bits per heavy atom. The van der Waals surface area contributed by atoms with Gasteiger partial charge in [0.15, 0.2) is 0 Å². The molecule has 0 aromatic carbocycles. The van der Waals surface area contributed by atoms with Gasteiger partial charge in [0, 0.05) is 11.8 Å². The molecule has 0 aromatic rings. The minimum absolute atomic E-state index is 0.0301. The minimum Gasteiger partial charge on any atom is -0.348 e. The van der Waals surface area contributed by atoms with E-state index in [-0.39, 0.29) is 17.6 Å². The number of hydrogen-bond acceptors (Lipinski definition) is 3. The normalized spacial score (nSPS) is 10.5. The third-order valence-electron chi connectivity index (χ3n) is 1.20. The first-order valence-corrected chi connectivity index (χ1v) is 4.82. The van der Waals surface area contributed by atoms with E-state index >= 15 is 0 Å². The molecule has 0 aliphatic rings. The second-order valence-electron chi connectivity index (χ2n) is 2.39. The highest BCUT2D eigenvalue weighted by atomic mass is 32.2. The van der Waals surface area contributed by atoms with Gasteiger partial charge in [0.1, 0.15) is 0 Å². The maximum absolute atomic E-state index is 11.2. The van der Waals surface area contributed by atoms with Gasteiger partial charge >= 0.3 is 0 Å². The molecule has 3 nitrogen and oxygen atoms in total. The van der Waals surface area contributed by atoms with Crippen LogP contribution in [0.4, 0.5) is 0 Å². The average molecular weight is 211 g/mol. The maximum Gasteiger partial charge on any atom is 0.217 e. The van der Waals surface area contributed by atoms with Crippen molar-refractivity contribution in [2.75, 3.05) is 6.54 Å². The van der Waals surface area contributed by atoms with Crippen LogP contribution >= 0.6 is 11.8 Å². The summed E-state index contributed by atoms with van der Waals surface area (Å²) in [5.74, 6) is -0.216. The number of rotatable bonds is 5. The third-order valence-corrected chi connectivity index (χ3v) is 2.11. The highest BCUT2D eigenvalue weighted by molar-refractivity contribution is 8.17. The molecule has 0 atom stereocenters. The summed E-state index contributed by atoms with van der Waals surface area (Å²) in [5, 5.41) is 2.29. The number of nitrogens with one attached hydrogen (secondary N) is 1. The van der Waals surface area contributed by atoms with E-state index in [1.807, 2.05) is 0 Å². The summed E-state index contributed by atoms with van der Waals surface area (Å²) in [6, 6.07) is 0. The van der Waals surface area contributed by atoms with Crippen molar-refractivity contribution in [1.82, 2.24) is 5.32 Å². The minimum atomic E-state index is -0.216. The van der Waals surface area contributed by atoms with Crippen LogP contribution in [0.15, 0.2) is 36.3 Å². The number of thioether (sulfide) groups is 1. The van der Waals surface area contributed by atoms with Gasteiger partial charge in [0.05, 0.1) is 6.54 Å². The molecule has 0 radical (unpaired) electrons. The lowest BCUT2D eigenvalue weighted by Gasteiger charge is -2.01. The Morgan fingerprint density at radius 2 is 2.07 bits per heavy atom. The molecule has 1 N–H and O–H groups in total. The lowest BCUT2D eigenvalue weighted by atomic mass is 10.5. The van der Waals surface area contributed by atoms with Gasteiger partial charge in [-0.15, -0.1) is 0 Å². The molecular weight excluding hydrogens is 198 g/mol.